The molecule has 0 saturated heterocycles. The lowest BCUT2D eigenvalue weighted by Crippen LogP contribution is -2.17. The Morgan fingerprint density at radius 3 is 2.67 bits per heavy atom. The van der Waals surface area contributed by atoms with Crippen LogP contribution in [-0.4, -0.2) is 20.9 Å². The van der Waals surface area contributed by atoms with Crippen molar-refractivity contribution in [2.24, 2.45) is 0 Å². The first-order valence-electron chi connectivity index (χ1n) is 9.37. The van der Waals surface area contributed by atoms with E-state index < -0.39 is 5.91 Å². The number of rotatable bonds is 5. The molecule has 2 N–H and O–H groups in total. The van der Waals surface area contributed by atoms with Gasteiger partial charge in [-0.05, 0) is 36.2 Å². The molecule has 0 saturated carbocycles. The quantitative estimate of drug-likeness (QED) is 0.391. The first kappa shape index (κ1) is 19.0. The summed E-state index contributed by atoms with van der Waals surface area (Å²) in [7, 11) is 0. The zero-order valence-electron chi connectivity index (χ0n) is 16.2. The molecule has 0 fully saturated rings. The zero-order valence-corrected chi connectivity index (χ0v) is 16.2. The average Bonchev–Trinajstić information content (AvgIpc) is 2.80. The molecule has 0 radical (unpaired) electrons. The summed E-state index contributed by atoms with van der Waals surface area (Å²) in [4.78, 5) is 24.9. The van der Waals surface area contributed by atoms with Crippen LogP contribution in [0.25, 0.3) is 22.0 Å². The van der Waals surface area contributed by atoms with Crippen LogP contribution in [0.4, 0.5) is 5.82 Å². The van der Waals surface area contributed by atoms with Gasteiger partial charge in [-0.1, -0.05) is 36.4 Å². The largest absolute Gasteiger partial charge is 0.363 e. The van der Waals surface area contributed by atoms with Crippen LogP contribution in [-0.2, 0) is 0 Å². The Bertz CT molecular complexity index is 1250. The van der Waals surface area contributed by atoms with Crippen LogP contribution in [0.3, 0.4) is 0 Å². The molecule has 0 aliphatic carbocycles. The molecule has 0 aliphatic heterocycles. The van der Waals surface area contributed by atoms with Crippen LogP contribution in [0.2, 0.25) is 0 Å². The zero-order chi connectivity index (χ0) is 20.9. The van der Waals surface area contributed by atoms with Crippen LogP contribution in [0, 0.1) is 11.5 Å². The summed E-state index contributed by atoms with van der Waals surface area (Å²) in [6.07, 6.45) is 6.27. The smallest absolute Gasteiger partial charge is 0.265 e. The lowest BCUT2D eigenvalue weighted by Gasteiger charge is -2.16. The molecule has 0 bridgehead atoms. The molecule has 2 heterocycles. The number of amides is 1. The van der Waals surface area contributed by atoms with Gasteiger partial charge in [-0.25, -0.2) is 9.97 Å². The van der Waals surface area contributed by atoms with E-state index in [1.807, 2.05) is 36.4 Å². The minimum Gasteiger partial charge on any atom is -0.363 e. The molecule has 2 aromatic carbocycles. The molecule has 7 heteroatoms. The third-order valence-corrected chi connectivity index (χ3v) is 4.79. The Kier molecular flexibility index (Phi) is 5.31. The Hall–Kier alpha value is -4.31. The van der Waals surface area contributed by atoms with E-state index in [9.17, 15) is 4.79 Å². The van der Waals surface area contributed by atoms with Gasteiger partial charge in [0.25, 0.3) is 5.91 Å². The van der Waals surface area contributed by atoms with Gasteiger partial charge in [0.05, 0.1) is 11.1 Å². The van der Waals surface area contributed by atoms with E-state index in [4.69, 9.17) is 5.26 Å². The van der Waals surface area contributed by atoms with Gasteiger partial charge >= 0.3 is 0 Å². The van der Waals surface area contributed by atoms with Crippen molar-refractivity contribution in [3.05, 3.63) is 84.4 Å². The number of aromatic nitrogens is 3. The van der Waals surface area contributed by atoms with Gasteiger partial charge in [0.2, 0.25) is 0 Å². The fourth-order valence-electron chi connectivity index (χ4n) is 3.23. The summed E-state index contributed by atoms with van der Waals surface area (Å²) in [6, 6.07) is 17.7. The molecule has 0 unspecified atom stereocenters. The molecule has 4 aromatic rings. The third-order valence-electron chi connectivity index (χ3n) is 4.79. The summed E-state index contributed by atoms with van der Waals surface area (Å²) >= 11 is 0. The number of hydrogen-bond acceptors (Lipinski definition) is 6. The monoisotopic (exact) mass is 394 g/mol. The maximum Gasteiger partial charge on any atom is 0.265 e. The topological polar surface area (TPSA) is 104 Å². The van der Waals surface area contributed by atoms with Crippen molar-refractivity contribution in [3.63, 3.8) is 0 Å². The number of carbonyl (C=O) groups excluding carboxylic acids is 1. The fourth-order valence-corrected chi connectivity index (χ4v) is 3.23. The highest BCUT2D eigenvalue weighted by molar-refractivity contribution is 5.97. The highest BCUT2D eigenvalue weighted by Crippen LogP contribution is 2.29. The van der Waals surface area contributed by atoms with Crippen molar-refractivity contribution in [2.75, 3.05) is 5.32 Å². The number of anilines is 1. The van der Waals surface area contributed by atoms with E-state index in [1.54, 1.807) is 18.5 Å². The Labute approximate surface area is 173 Å². The summed E-state index contributed by atoms with van der Waals surface area (Å²) in [5.41, 5.74) is 3.90. The molecule has 0 aliphatic rings. The molecular formula is C23H18N6O. The molecule has 30 heavy (non-hydrogen) atoms. The van der Waals surface area contributed by atoms with Crippen molar-refractivity contribution in [1.29, 1.82) is 5.26 Å². The Balaban J connectivity index is 1.71. The maximum absolute atomic E-state index is 11.9. The predicted octanol–water partition coefficient (Wildman–Crippen LogP) is 4.08. The highest BCUT2D eigenvalue weighted by Gasteiger charge is 2.12. The summed E-state index contributed by atoms with van der Waals surface area (Å²) in [5.74, 6) is 0.236. The van der Waals surface area contributed by atoms with Gasteiger partial charge < -0.3 is 5.32 Å². The fraction of sp³-hybridized carbons (Fsp3) is 0.0870. The molecule has 0 spiro atoms. The second-order valence-corrected chi connectivity index (χ2v) is 6.76. The van der Waals surface area contributed by atoms with E-state index in [1.165, 1.54) is 12.5 Å². The molecule has 1 amide bonds. The number of pyridine rings is 1. The predicted molar refractivity (Wildman–Crippen MR) is 114 cm³/mol. The van der Waals surface area contributed by atoms with Crippen LogP contribution in [0.1, 0.15) is 28.9 Å². The van der Waals surface area contributed by atoms with E-state index in [-0.39, 0.29) is 6.04 Å². The lowest BCUT2D eigenvalue weighted by molar-refractivity contribution is 0.0972. The second-order valence-electron chi connectivity index (χ2n) is 6.76. The first-order chi connectivity index (χ1) is 14.7. The summed E-state index contributed by atoms with van der Waals surface area (Å²) in [6.45, 7) is 2.08. The van der Waals surface area contributed by atoms with Crippen molar-refractivity contribution in [2.45, 2.75) is 13.0 Å². The number of nitrogens with one attached hydrogen (secondary N) is 2. The van der Waals surface area contributed by atoms with E-state index in [0.29, 0.717) is 5.56 Å². The number of nitriles is 1. The van der Waals surface area contributed by atoms with Gasteiger partial charge in [-0.2, -0.15) is 5.26 Å². The van der Waals surface area contributed by atoms with Gasteiger partial charge in [-0.15, -0.1) is 0 Å². The van der Waals surface area contributed by atoms with Crippen LogP contribution in [0.5, 0.6) is 0 Å². The standard InChI is InChI=1S/C23H18N6O/c1-15(16-5-3-2-4-6-16)29-22-20-10-17(7-8-21(20)27-14-28-22)18-9-19(12-25-11-18)23(30)26-13-24/h2-12,14-15H,1H3,(H,26,30)(H,27,28,29)/t15-/m1/s1. The number of carbonyl (C=O) groups is 1. The Morgan fingerprint density at radius 1 is 1.03 bits per heavy atom. The van der Waals surface area contributed by atoms with Gasteiger partial charge in [0.15, 0.2) is 6.19 Å². The molecule has 2 aromatic heterocycles. The normalized spacial score (nSPS) is 11.5. The van der Waals surface area contributed by atoms with Crippen LogP contribution in [0.15, 0.2) is 73.3 Å². The van der Waals surface area contributed by atoms with Gasteiger partial charge in [-0.3, -0.25) is 15.1 Å². The molecule has 146 valence electrons. The van der Waals surface area contributed by atoms with Crippen molar-refractivity contribution < 1.29 is 4.79 Å². The molecule has 1 atom stereocenters. The first-order valence-corrected chi connectivity index (χ1v) is 9.37. The van der Waals surface area contributed by atoms with Gasteiger partial charge in [0.1, 0.15) is 12.1 Å². The van der Waals surface area contributed by atoms with E-state index >= 15 is 0 Å². The lowest BCUT2D eigenvalue weighted by atomic mass is 10.0. The maximum atomic E-state index is 11.9. The SMILES string of the molecule is C[C@@H](Nc1ncnc2ccc(-c3cncc(C(=O)NC#N)c3)cc12)c1ccccc1. The molecular weight excluding hydrogens is 376 g/mol. The average molecular weight is 394 g/mol. The number of benzene rings is 2. The number of fused-ring (bicyclic) bond motifs is 1. The van der Waals surface area contributed by atoms with E-state index in [0.717, 1.165) is 33.4 Å². The van der Waals surface area contributed by atoms with Crippen LogP contribution >= 0.6 is 0 Å². The highest BCUT2D eigenvalue weighted by atomic mass is 16.1. The third kappa shape index (κ3) is 3.93. The summed E-state index contributed by atoms with van der Waals surface area (Å²) < 4.78 is 0. The molecule has 4 rings (SSSR count). The minimum absolute atomic E-state index is 0.0626. The minimum atomic E-state index is -0.491. The van der Waals surface area contributed by atoms with Gasteiger partial charge in [0, 0.05) is 29.4 Å². The van der Waals surface area contributed by atoms with Crippen LogP contribution < -0.4 is 10.6 Å². The number of nitrogens with zero attached hydrogens (tertiary/aromatic N) is 4. The Morgan fingerprint density at radius 2 is 1.87 bits per heavy atom. The second kappa shape index (κ2) is 8.37. The van der Waals surface area contributed by atoms with Crippen molar-refractivity contribution in [3.8, 4) is 17.3 Å². The van der Waals surface area contributed by atoms with E-state index in [2.05, 4.69) is 44.6 Å². The van der Waals surface area contributed by atoms with Crippen molar-refractivity contribution in [1.82, 2.24) is 20.3 Å². The summed E-state index contributed by atoms with van der Waals surface area (Å²) in [5, 5.41) is 15.1. The molecule has 7 nitrogen and oxygen atoms in total. The van der Waals surface area contributed by atoms with Crippen molar-refractivity contribution >= 4 is 22.6 Å². The number of hydrogen-bond donors (Lipinski definition) is 2.